The molecule has 0 saturated carbocycles. The first-order valence-electron chi connectivity index (χ1n) is 9.40. The lowest BCUT2D eigenvalue weighted by atomic mass is 9.89. The number of aliphatic hydroxyl groups excluding tert-OH is 1. The highest BCUT2D eigenvalue weighted by atomic mass is 16.3. The quantitative estimate of drug-likeness (QED) is 0.657. The Balaban J connectivity index is 1.72. The van der Waals surface area contributed by atoms with Gasteiger partial charge < -0.3 is 20.6 Å². The molecule has 0 aliphatic carbocycles. The van der Waals surface area contributed by atoms with Gasteiger partial charge in [0, 0.05) is 37.6 Å². The monoisotopic (exact) mass is 347 g/mol. The largest absolute Gasteiger partial charge is 0.396 e. The number of amides is 2. The Bertz CT molecular complexity index is 534. The summed E-state index contributed by atoms with van der Waals surface area (Å²) < 4.78 is 0. The first-order valence-corrected chi connectivity index (χ1v) is 9.40. The lowest BCUT2D eigenvalue weighted by molar-refractivity contribution is 0.148. The molecule has 1 fully saturated rings. The number of nitrogens with one attached hydrogen (secondary N) is 2. The van der Waals surface area contributed by atoms with Crippen LogP contribution in [0, 0.1) is 11.3 Å². The molecule has 1 aromatic carbocycles. The zero-order valence-corrected chi connectivity index (χ0v) is 15.8. The van der Waals surface area contributed by atoms with Crippen molar-refractivity contribution < 1.29 is 9.90 Å². The van der Waals surface area contributed by atoms with Crippen molar-refractivity contribution in [1.82, 2.24) is 5.32 Å². The molecule has 0 atom stereocenters. The van der Waals surface area contributed by atoms with Crippen molar-refractivity contribution in [3.8, 4) is 0 Å². The van der Waals surface area contributed by atoms with Gasteiger partial charge in [0.05, 0.1) is 0 Å². The van der Waals surface area contributed by atoms with Gasteiger partial charge in [-0.05, 0) is 61.3 Å². The van der Waals surface area contributed by atoms with Crippen molar-refractivity contribution in [2.75, 3.05) is 36.5 Å². The smallest absolute Gasteiger partial charge is 0.319 e. The number of hydrogen-bond donors (Lipinski definition) is 3. The van der Waals surface area contributed by atoms with Crippen LogP contribution < -0.4 is 15.5 Å². The van der Waals surface area contributed by atoms with Crippen LogP contribution >= 0.6 is 0 Å². The fraction of sp³-hybridized carbons (Fsp3) is 0.650. The molecule has 1 aliphatic rings. The van der Waals surface area contributed by atoms with E-state index in [0.29, 0.717) is 6.54 Å². The first-order chi connectivity index (χ1) is 11.9. The fourth-order valence-corrected chi connectivity index (χ4v) is 3.05. The van der Waals surface area contributed by atoms with E-state index in [1.807, 2.05) is 26.0 Å². The lowest BCUT2D eigenvalue weighted by Crippen LogP contribution is -2.32. The summed E-state index contributed by atoms with van der Waals surface area (Å²) in [6.07, 6.45) is 4.23. The van der Waals surface area contributed by atoms with Gasteiger partial charge >= 0.3 is 6.03 Å². The number of benzene rings is 1. The summed E-state index contributed by atoms with van der Waals surface area (Å²) in [5.41, 5.74) is 1.95. The Hall–Kier alpha value is -1.75. The Labute approximate surface area is 151 Å². The maximum absolute atomic E-state index is 11.9. The lowest BCUT2D eigenvalue weighted by Gasteiger charge is -2.32. The Morgan fingerprint density at radius 1 is 1.24 bits per heavy atom. The number of carbonyl (C=O) groups is 1. The van der Waals surface area contributed by atoms with Gasteiger partial charge in [0.2, 0.25) is 0 Å². The van der Waals surface area contributed by atoms with Gasteiger partial charge in [-0.3, -0.25) is 0 Å². The van der Waals surface area contributed by atoms with Crippen LogP contribution in [-0.2, 0) is 0 Å². The highest BCUT2D eigenvalue weighted by Gasteiger charge is 2.16. The average molecular weight is 348 g/mol. The van der Waals surface area contributed by atoms with Crippen LogP contribution in [0.4, 0.5) is 16.2 Å². The highest BCUT2D eigenvalue weighted by Crippen LogP contribution is 2.24. The zero-order chi connectivity index (χ0) is 18.3. The van der Waals surface area contributed by atoms with E-state index in [2.05, 4.69) is 34.6 Å². The second kappa shape index (κ2) is 9.09. The van der Waals surface area contributed by atoms with Gasteiger partial charge in [-0.1, -0.05) is 20.8 Å². The number of urea groups is 1. The molecule has 0 radical (unpaired) electrons. The van der Waals surface area contributed by atoms with Crippen LogP contribution in [0.3, 0.4) is 0 Å². The topological polar surface area (TPSA) is 64.6 Å². The highest BCUT2D eigenvalue weighted by molar-refractivity contribution is 5.89. The SMILES string of the molecule is CC1CCN(c2ccc(NC(=O)NCCCC(C)(C)CO)cc2)CC1. The molecular formula is C20H33N3O2. The van der Waals surface area contributed by atoms with Crippen molar-refractivity contribution >= 4 is 17.4 Å². The summed E-state index contributed by atoms with van der Waals surface area (Å²) in [6.45, 7) is 9.36. The van der Waals surface area contributed by atoms with Crippen molar-refractivity contribution in [3.63, 3.8) is 0 Å². The van der Waals surface area contributed by atoms with Gasteiger partial charge in [0.15, 0.2) is 0 Å². The number of hydrogen-bond acceptors (Lipinski definition) is 3. The molecule has 1 saturated heterocycles. The van der Waals surface area contributed by atoms with Crippen molar-refractivity contribution in [2.24, 2.45) is 11.3 Å². The molecule has 0 bridgehead atoms. The molecule has 0 unspecified atom stereocenters. The molecule has 2 amide bonds. The van der Waals surface area contributed by atoms with Gasteiger partial charge in [0.25, 0.3) is 0 Å². The predicted octanol–water partition coefficient (Wildman–Crippen LogP) is 3.84. The van der Waals surface area contributed by atoms with Crippen molar-refractivity contribution in [2.45, 2.75) is 46.5 Å². The Morgan fingerprint density at radius 2 is 1.88 bits per heavy atom. The van der Waals surface area contributed by atoms with Crippen LogP contribution in [-0.4, -0.2) is 37.4 Å². The van der Waals surface area contributed by atoms with Crippen LogP contribution in [0.15, 0.2) is 24.3 Å². The molecular weight excluding hydrogens is 314 g/mol. The minimum Gasteiger partial charge on any atom is -0.396 e. The van der Waals surface area contributed by atoms with E-state index in [-0.39, 0.29) is 18.1 Å². The summed E-state index contributed by atoms with van der Waals surface area (Å²) in [7, 11) is 0. The number of anilines is 2. The fourth-order valence-electron chi connectivity index (χ4n) is 3.05. The van der Waals surface area contributed by atoms with E-state index in [0.717, 1.165) is 37.5 Å². The normalized spacial score (nSPS) is 15.9. The second-order valence-electron chi connectivity index (χ2n) is 8.02. The van der Waals surface area contributed by atoms with Gasteiger partial charge in [0.1, 0.15) is 0 Å². The maximum Gasteiger partial charge on any atom is 0.319 e. The van der Waals surface area contributed by atoms with Crippen LogP contribution in [0.5, 0.6) is 0 Å². The van der Waals surface area contributed by atoms with E-state index in [4.69, 9.17) is 0 Å². The minimum absolute atomic E-state index is 0.0831. The number of rotatable bonds is 7. The summed E-state index contributed by atoms with van der Waals surface area (Å²) in [5.74, 6) is 0.823. The standard InChI is InChI=1S/C20H33N3O2/c1-16-9-13-23(14-10-16)18-7-5-17(6-8-18)22-19(25)21-12-4-11-20(2,3)15-24/h5-8,16,24H,4,9-15H2,1-3H3,(H2,21,22,25). The molecule has 1 aromatic rings. The van der Waals surface area contributed by atoms with Gasteiger partial charge in [-0.25, -0.2) is 4.79 Å². The second-order valence-corrected chi connectivity index (χ2v) is 8.02. The number of piperidine rings is 1. The molecule has 0 aromatic heterocycles. The summed E-state index contributed by atoms with van der Waals surface area (Å²) in [6, 6.07) is 7.90. The maximum atomic E-state index is 11.9. The molecule has 5 heteroatoms. The van der Waals surface area contributed by atoms with E-state index in [1.165, 1.54) is 18.5 Å². The van der Waals surface area contributed by atoms with Crippen LogP contribution in [0.2, 0.25) is 0 Å². The summed E-state index contributed by atoms with van der Waals surface area (Å²) in [4.78, 5) is 14.4. The zero-order valence-electron chi connectivity index (χ0n) is 15.8. The third-order valence-electron chi connectivity index (χ3n) is 5.02. The van der Waals surface area contributed by atoms with Gasteiger partial charge in [-0.15, -0.1) is 0 Å². The first kappa shape index (κ1) is 19.6. The van der Waals surface area contributed by atoms with Gasteiger partial charge in [-0.2, -0.15) is 0 Å². The van der Waals surface area contributed by atoms with E-state index >= 15 is 0 Å². The Kier molecular flexibility index (Phi) is 7.12. The summed E-state index contributed by atoms with van der Waals surface area (Å²) in [5, 5.41) is 15.0. The Morgan fingerprint density at radius 3 is 2.48 bits per heavy atom. The average Bonchev–Trinajstić information content (AvgIpc) is 2.60. The van der Waals surface area contributed by atoms with Crippen LogP contribution in [0.25, 0.3) is 0 Å². The molecule has 1 heterocycles. The van der Waals surface area contributed by atoms with E-state index in [1.54, 1.807) is 0 Å². The third-order valence-corrected chi connectivity index (χ3v) is 5.02. The van der Waals surface area contributed by atoms with E-state index in [9.17, 15) is 9.90 Å². The number of aliphatic hydroxyl groups is 1. The summed E-state index contributed by atoms with van der Waals surface area (Å²) >= 11 is 0. The van der Waals surface area contributed by atoms with Crippen molar-refractivity contribution in [1.29, 1.82) is 0 Å². The molecule has 5 nitrogen and oxygen atoms in total. The van der Waals surface area contributed by atoms with E-state index < -0.39 is 0 Å². The minimum atomic E-state index is -0.179. The molecule has 2 rings (SSSR count). The molecule has 1 aliphatic heterocycles. The third kappa shape index (κ3) is 6.58. The van der Waals surface area contributed by atoms with Crippen LogP contribution in [0.1, 0.15) is 46.5 Å². The number of nitrogens with zero attached hydrogens (tertiary/aromatic N) is 1. The number of carbonyl (C=O) groups excluding carboxylic acids is 1. The molecule has 0 spiro atoms. The van der Waals surface area contributed by atoms with Crippen molar-refractivity contribution in [3.05, 3.63) is 24.3 Å². The molecule has 3 N–H and O–H groups in total. The molecule has 140 valence electrons. The predicted molar refractivity (Wildman–Crippen MR) is 104 cm³/mol. The molecule has 25 heavy (non-hydrogen) atoms.